The van der Waals surface area contributed by atoms with Crippen molar-refractivity contribution in [1.82, 2.24) is 0 Å². The van der Waals surface area contributed by atoms with E-state index >= 15 is 0 Å². The van der Waals surface area contributed by atoms with E-state index in [0.29, 0.717) is 5.92 Å². The molecule has 1 heteroatoms. The monoisotopic (exact) mass is 238 g/mol. The lowest BCUT2D eigenvalue weighted by molar-refractivity contribution is -0.111. The van der Waals surface area contributed by atoms with Gasteiger partial charge in [-0.1, -0.05) is 57.9 Å². The second-order valence-electron chi connectivity index (χ2n) is 5.03. The summed E-state index contributed by atoms with van der Waals surface area (Å²) in [5, 5.41) is 0. The van der Waals surface area contributed by atoms with Crippen molar-refractivity contribution in [2.24, 2.45) is 5.92 Å². The van der Waals surface area contributed by atoms with Crippen LogP contribution < -0.4 is 0 Å². The molecule has 1 nitrogen and oxygen atoms in total. The highest BCUT2D eigenvalue weighted by molar-refractivity contribution is 5.53. The molecule has 0 saturated heterocycles. The molecule has 0 aliphatic heterocycles. The van der Waals surface area contributed by atoms with Crippen molar-refractivity contribution in [3.63, 3.8) is 0 Å². The summed E-state index contributed by atoms with van der Waals surface area (Å²) >= 11 is 0. The summed E-state index contributed by atoms with van der Waals surface area (Å²) in [7, 11) is 0. The molecule has 0 aromatic carbocycles. The predicted octanol–water partition coefficient (Wildman–Crippen LogP) is 5.30. The van der Waals surface area contributed by atoms with Crippen molar-refractivity contribution in [1.29, 1.82) is 0 Å². The Kier molecular flexibility index (Phi) is 13.0. The van der Waals surface area contributed by atoms with E-state index in [9.17, 15) is 4.79 Å². The third-order valence-corrected chi connectivity index (χ3v) is 3.35. The van der Waals surface area contributed by atoms with E-state index in [4.69, 9.17) is 0 Å². The van der Waals surface area contributed by atoms with Crippen LogP contribution in [0.4, 0.5) is 0 Å². The molecule has 0 spiro atoms. The molecule has 0 fully saturated rings. The van der Waals surface area contributed by atoms with E-state index in [-0.39, 0.29) is 0 Å². The fraction of sp³-hybridized carbons (Fsp3) is 0.812. The van der Waals surface area contributed by atoms with Crippen molar-refractivity contribution >= 4 is 6.29 Å². The van der Waals surface area contributed by atoms with Gasteiger partial charge in [0.2, 0.25) is 0 Å². The number of hydrogen-bond acceptors (Lipinski definition) is 1. The van der Waals surface area contributed by atoms with Crippen LogP contribution in [0.5, 0.6) is 0 Å². The predicted molar refractivity (Wildman–Crippen MR) is 76.2 cm³/mol. The van der Waals surface area contributed by atoms with Crippen LogP contribution in [0, 0.1) is 5.92 Å². The van der Waals surface area contributed by atoms with Crippen molar-refractivity contribution in [3.8, 4) is 0 Å². The Morgan fingerprint density at radius 3 is 2.12 bits per heavy atom. The van der Waals surface area contributed by atoms with Gasteiger partial charge in [0.1, 0.15) is 6.29 Å². The van der Waals surface area contributed by atoms with Gasteiger partial charge in [-0.25, -0.2) is 0 Å². The van der Waals surface area contributed by atoms with Crippen molar-refractivity contribution in [2.75, 3.05) is 0 Å². The summed E-state index contributed by atoms with van der Waals surface area (Å²) in [6, 6.07) is 0. The third kappa shape index (κ3) is 11.7. The molecule has 0 aromatic heterocycles. The summed E-state index contributed by atoms with van der Waals surface area (Å²) in [4.78, 5) is 10.9. The van der Waals surface area contributed by atoms with Crippen molar-refractivity contribution in [3.05, 3.63) is 12.7 Å². The molecule has 17 heavy (non-hydrogen) atoms. The first kappa shape index (κ1) is 16.4. The first-order valence-electron chi connectivity index (χ1n) is 7.41. The van der Waals surface area contributed by atoms with Crippen molar-refractivity contribution < 1.29 is 4.79 Å². The molecule has 0 N–H and O–H groups in total. The summed E-state index contributed by atoms with van der Waals surface area (Å²) in [6.07, 6.45) is 16.7. The van der Waals surface area contributed by atoms with Crippen LogP contribution in [0.15, 0.2) is 12.7 Å². The van der Waals surface area contributed by atoms with Crippen LogP contribution in [-0.2, 0) is 4.79 Å². The Bertz CT molecular complexity index is 174. The topological polar surface area (TPSA) is 17.1 Å². The zero-order valence-corrected chi connectivity index (χ0v) is 11.6. The molecular formula is C16H30O. The molecule has 0 aliphatic rings. The van der Waals surface area contributed by atoms with Gasteiger partial charge < -0.3 is 4.79 Å². The lowest BCUT2D eigenvalue weighted by Gasteiger charge is -2.09. The zero-order valence-electron chi connectivity index (χ0n) is 11.6. The number of allylic oxidation sites excluding steroid dienone is 1. The minimum Gasteiger partial charge on any atom is -0.303 e. The first-order valence-corrected chi connectivity index (χ1v) is 7.41. The smallest absolute Gasteiger partial charge is 0.123 e. The average molecular weight is 238 g/mol. The van der Waals surface area contributed by atoms with E-state index in [1.807, 2.05) is 6.08 Å². The van der Waals surface area contributed by atoms with Gasteiger partial charge in [-0.3, -0.25) is 0 Å². The van der Waals surface area contributed by atoms with Gasteiger partial charge in [0.05, 0.1) is 0 Å². The van der Waals surface area contributed by atoms with Gasteiger partial charge in [-0.05, 0) is 25.7 Å². The second-order valence-corrected chi connectivity index (χ2v) is 5.03. The maximum atomic E-state index is 10.9. The Morgan fingerprint density at radius 1 is 0.941 bits per heavy atom. The van der Waals surface area contributed by atoms with E-state index < -0.39 is 0 Å². The van der Waals surface area contributed by atoms with Crippen LogP contribution in [0.3, 0.4) is 0 Å². The fourth-order valence-corrected chi connectivity index (χ4v) is 2.16. The van der Waals surface area contributed by atoms with E-state index in [2.05, 4.69) is 13.5 Å². The van der Waals surface area contributed by atoms with E-state index in [1.54, 1.807) is 0 Å². The number of aldehydes is 1. The van der Waals surface area contributed by atoms with Crippen LogP contribution in [0.2, 0.25) is 0 Å². The van der Waals surface area contributed by atoms with Gasteiger partial charge in [0, 0.05) is 5.92 Å². The highest BCUT2D eigenvalue weighted by Crippen LogP contribution is 2.16. The Balaban J connectivity index is 3.34. The van der Waals surface area contributed by atoms with Gasteiger partial charge in [0.15, 0.2) is 0 Å². The van der Waals surface area contributed by atoms with Gasteiger partial charge in [-0.2, -0.15) is 0 Å². The van der Waals surface area contributed by atoms with Gasteiger partial charge in [0.25, 0.3) is 0 Å². The summed E-state index contributed by atoms with van der Waals surface area (Å²) in [6.45, 7) is 5.95. The number of carbonyl (C=O) groups is 1. The molecule has 0 heterocycles. The van der Waals surface area contributed by atoms with E-state index in [0.717, 1.165) is 19.3 Å². The minimum atomic E-state index is 0.311. The SMILES string of the molecule is C=CCCCCC(C=O)CCCCCCCC. The van der Waals surface area contributed by atoms with Gasteiger partial charge >= 0.3 is 0 Å². The standard InChI is InChI=1S/C16H30O/c1-3-5-7-9-10-12-14-16(15-17)13-11-8-6-4-2/h4,15-16H,2-3,5-14H2,1H3. The number of unbranched alkanes of at least 4 members (excludes halogenated alkanes) is 7. The molecule has 0 amide bonds. The average Bonchev–Trinajstić information content (AvgIpc) is 2.36. The Morgan fingerprint density at radius 2 is 1.53 bits per heavy atom. The zero-order chi connectivity index (χ0) is 12.8. The van der Waals surface area contributed by atoms with E-state index in [1.165, 1.54) is 57.7 Å². The lowest BCUT2D eigenvalue weighted by atomic mass is 9.96. The maximum absolute atomic E-state index is 10.9. The quantitative estimate of drug-likeness (QED) is 0.242. The third-order valence-electron chi connectivity index (χ3n) is 3.35. The van der Waals surface area contributed by atoms with Crippen molar-refractivity contribution in [2.45, 2.75) is 77.6 Å². The minimum absolute atomic E-state index is 0.311. The van der Waals surface area contributed by atoms with Crippen LogP contribution in [-0.4, -0.2) is 6.29 Å². The van der Waals surface area contributed by atoms with Crippen LogP contribution in [0.1, 0.15) is 77.6 Å². The summed E-state index contributed by atoms with van der Waals surface area (Å²) < 4.78 is 0. The number of rotatable bonds is 13. The first-order chi connectivity index (χ1) is 8.35. The molecule has 0 saturated carbocycles. The number of carbonyl (C=O) groups excluding carboxylic acids is 1. The maximum Gasteiger partial charge on any atom is 0.123 e. The summed E-state index contributed by atoms with van der Waals surface area (Å²) in [5.74, 6) is 0.311. The second kappa shape index (κ2) is 13.5. The van der Waals surface area contributed by atoms with Crippen LogP contribution in [0.25, 0.3) is 0 Å². The fourth-order valence-electron chi connectivity index (χ4n) is 2.16. The molecule has 1 atom stereocenters. The largest absolute Gasteiger partial charge is 0.303 e. The number of hydrogen-bond donors (Lipinski definition) is 0. The normalized spacial score (nSPS) is 12.3. The van der Waals surface area contributed by atoms with Crippen LogP contribution >= 0.6 is 0 Å². The highest BCUT2D eigenvalue weighted by Gasteiger charge is 2.06. The molecule has 0 radical (unpaired) electrons. The highest BCUT2D eigenvalue weighted by atomic mass is 16.1. The summed E-state index contributed by atoms with van der Waals surface area (Å²) in [5.41, 5.74) is 0. The Labute approximate surface area is 108 Å². The molecule has 100 valence electrons. The molecular weight excluding hydrogens is 208 g/mol. The molecule has 0 bridgehead atoms. The Hall–Kier alpha value is -0.590. The lowest BCUT2D eigenvalue weighted by Crippen LogP contribution is -2.02. The van der Waals surface area contributed by atoms with Gasteiger partial charge in [-0.15, -0.1) is 6.58 Å². The molecule has 0 aromatic rings. The molecule has 0 aliphatic carbocycles. The molecule has 0 rings (SSSR count). The molecule has 1 unspecified atom stereocenters.